The highest BCUT2D eigenvalue weighted by molar-refractivity contribution is 7.80. The topological polar surface area (TPSA) is 74.0 Å². The lowest BCUT2D eigenvalue weighted by Crippen LogP contribution is -2.49. The van der Waals surface area contributed by atoms with E-state index >= 15 is 0 Å². The summed E-state index contributed by atoms with van der Waals surface area (Å²) in [5.74, 6) is 0.961. The Morgan fingerprint density at radius 1 is 1.43 bits per heavy atom. The van der Waals surface area contributed by atoms with Gasteiger partial charge in [0.2, 0.25) is 0 Å². The molecule has 1 aliphatic rings. The number of carbonyl (C=O) groups is 1. The predicted octanol–water partition coefficient (Wildman–Crippen LogP) is 0.831. The Bertz CT molecular complexity index is 550. The highest BCUT2D eigenvalue weighted by atomic mass is 32.1. The van der Waals surface area contributed by atoms with E-state index in [4.69, 9.17) is 32.2 Å². The molecule has 0 saturated carbocycles. The van der Waals surface area contributed by atoms with E-state index in [1.165, 1.54) is 7.11 Å². The summed E-state index contributed by atoms with van der Waals surface area (Å²) in [6, 6.07) is 5.09. The zero-order chi connectivity index (χ0) is 15.4. The summed E-state index contributed by atoms with van der Waals surface area (Å²) in [5.41, 5.74) is 6.06. The van der Waals surface area contributed by atoms with Crippen molar-refractivity contribution in [3.8, 4) is 11.5 Å². The molecule has 2 N–H and O–H groups in total. The highest BCUT2D eigenvalue weighted by Gasteiger charge is 2.28. The first-order chi connectivity index (χ1) is 10.1. The van der Waals surface area contributed by atoms with Gasteiger partial charge in [-0.05, 0) is 12.1 Å². The lowest BCUT2D eigenvalue weighted by atomic mass is 10.1. The van der Waals surface area contributed by atoms with Crippen LogP contribution in [-0.4, -0.2) is 55.8 Å². The second-order valence-corrected chi connectivity index (χ2v) is 5.05. The van der Waals surface area contributed by atoms with Crippen LogP contribution in [-0.2, 0) is 4.74 Å². The molecule has 1 aliphatic heterocycles. The van der Waals surface area contributed by atoms with Crippen LogP contribution in [0.3, 0.4) is 0 Å². The van der Waals surface area contributed by atoms with E-state index < -0.39 is 6.10 Å². The zero-order valence-corrected chi connectivity index (χ0v) is 12.8. The fourth-order valence-electron chi connectivity index (χ4n) is 2.15. The Morgan fingerprint density at radius 2 is 2.19 bits per heavy atom. The van der Waals surface area contributed by atoms with Gasteiger partial charge in [-0.3, -0.25) is 4.79 Å². The number of carbonyl (C=O) groups excluding carboxylic acids is 1. The first-order valence-electron chi connectivity index (χ1n) is 6.49. The SMILES string of the molecule is COc1ccc(C(=O)N2CCOC(C(N)=S)C2)c(OC)c1. The highest BCUT2D eigenvalue weighted by Crippen LogP contribution is 2.26. The van der Waals surface area contributed by atoms with E-state index in [1.54, 1.807) is 30.2 Å². The van der Waals surface area contributed by atoms with E-state index in [-0.39, 0.29) is 10.9 Å². The normalized spacial score (nSPS) is 18.2. The third-order valence-corrected chi connectivity index (χ3v) is 3.57. The van der Waals surface area contributed by atoms with Gasteiger partial charge in [0.25, 0.3) is 5.91 Å². The molecule has 1 aromatic rings. The van der Waals surface area contributed by atoms with Crippen molar-refractivity contribution in [2.75, 3.05) is 33.9 Å². The molecule has 2 rings (SSSR count). The van der Waals surface area contributed by atoms with Gasteiger partial charge >= 0.3 is 0 Å². The van der Waals surface area contributed by atoms with E-state index in [1.807, 2.05) is 0 Å². The van der Waals surface area contributed by atoms with Crippen LogP contribution in [0.1, 0.15) is 10.4 Å². The molecule has 0 aliphatic carbocycles. The second kappa shape index (κ2) is 6.73. The number of morpholine rings is 1. The Kier molecular flexibility index (Phi) is 4.98. The van der Waals surface area contributed by atoms with Crippen molar-refractivity contribution in [1.82, 2.24) is 4.90 Å². The average molecular weight is 310 g/mol. The molecule has 1 amide bonds. The monoisotopic (exact) mass is 310 g/mol. The summed E-state index contributed by atoms with van der Waals surface area (Å²) in [5, 5.41) is 0. The average Bonchev–Trinajstić information content (AvgIpc) is 2.53. The lowest BCUT2D eigenvalue weighted by molar-refractivity contribution is 0.00864. The van der Waals surface area contributed by atoms with Crippen molar-refractivity contribution in [2.45, 2.75) is 6.10 Å². The number of hydrogen-bond donors (Lipinski definition) is 1. The number of rotatable bonds is 4. The summed E-state index contributed by atoms with van der Waals surface area (Å²) in [6.45, 7) is 1.25. The molecule has 1 heterocycles. The smallest absolute Gasteiger partial charge is 0.257 e. The van der Waals surface area contributed by atoms with E-state index in [0.717, 1.165) is 0 Å². The number of thiocarbonyl (C=S) groups is 1. The number of benzene rings is 1. The van der Waals surface area contributed by atoms with Gasteiger partial charge in [0.05, 0.1) is 32.9 Å². The minimum absolute atomic E-state index is 0.140. The summed E-state index contributed by atoms with van der Waals surface area (Å²) < 4.78 is 15.8. The summed E-state index contributed by atoms with van der Waals surface area (Å²) in [7, 11) is 3.08. The molecule has 0 radical (unpaired) electrons. The van der Waals surface area contributed by atoms with Gasteiger partial charge in [-0.15, -0.1) is 0 Å². The molecule has 0 spiro atoms. The third kappa shape index (κ3) is 3.43. The maximum Gasteiger partial charge on any atom is 0.257 e. The minimum Gasteiger partial charge on any atom is -0.497 e. The third-order valence-electron chi connectivity index (χ3n) is 3.31. The fraction of sp³-hybridized carbons (Fsp3) is 0.429. The van der Waals surface area contributed by atoms with Crippen molar-refractivity contribution in [3.63, 3.8) is 0 Å². The Morgan fingerprint density at radius 3 is 2.81 bits per heavy atom. The summed E-state index contributed by atoms with van der Waals surface area (Å²) in [4.78, 5) is 14.5. The van der Waals surface area contributed by atoms with Gasteiger partial charge < -0.3 is 24.8 Å². The maximum atomic E-state index is 12.6. The Labute approximate surface area is 128 Å². The Hall–Kier alpha value is -1.86. The van der Waals surface area contributed by atoms with Crippen LogP contribution in [0.4, 0.5) is 0 Å². The fourth-order valence-corrected chi connectivity index (χ4v) is 2.29. The van der Waals surface area contributed by atoms with Crippen molar-refractivity contribution < 1.29 is 19.0 Å². The van der Waals surface area contributed by atoms with Crippen LogP contribution >= 0.6 is 12.2 Å². The maximum absolute atomic E-state index is 12.6. The molecular formula is C14H18N2O4S. The number of nitrogens with two attached hydrogens (primary N) is 1. The van der Waals surface area contributed by atoms with Crippen molar-refractivity contribution in [2.24, 2.45) is 5.73 Å². The first-order valence-corrected chi connectivity index (χ1v) is 6.90. The van der Waals surface area contributed by atoms with Crippen LogP contribution in [0, 0.1) is 0 Å². The van der Waals surface area contributed by atoms with E-state index in [2.05, 4.69) is 0 Å². The molecular weight excluding hydrogens is 292 g/mol. The number of methoxy groups -OCH3 is 2. The van der Waals surface area contributed by atoms with Crippen LogP contribution in [0.15, 0.2) is 18.2 Å². The van der Waals surface area contributed by atoms with E-state index in [0.29, 0.717) is 36.8 Å². The van der Waals surface area contributed by atoms with Crippen LogP contribution in [0.5, 0.6) is 11.5 Å². The van der Waals surface area contributed by atoms with Crippen LogP contribution < -0.4 is 15.2 Å². The molecule has 1 fully saturated rings. The van der Waals surface area contributed by atoms with Gasteiger partial charge in [0.15, 0.2) is 0 Å². The molecule has 1 saturated heterocycles. The standard InChI is InChI=1S/C14H18N2O4S/c1-18-9-3-4-10(11(7-9)19-2)14(17)16-5-6-20-12(8-16)13(15)21/h3-4,7,12H,5-6,8H2,1-2H3,(H2,15,21). The van der Waals surface area contributed by atoms with Crippen LogP contribution in [0.25, 0.3) is 0 Å². The minimum atomic E-state index is -0.401. The number of ether oxygens (including phenoxy) is 3. The van der Waals surface area contributed by atoms with Gasteiger partial charge in [0, 0.05) is 12.6 Å². The van der Waals surface area contributed by atoms with Gasteiger partial charge in [-0.25, -0.2) is 0 Å². The first kappa shape index (κ1) is 15.5. The van der Waals surface area contributed by atoms with Crippen molar-refractivity contribution >= 4 is 23.1 Å². The van der Waals surface area contributed by atoms with Crippen LogP contribution in [0.2, 0.25) is 0 Å². The van der Waals surface area contributed by atoms with Crippen molar-refractivity contribution in [3.05, 3.63) is 23.8 Å². The number of amides is 1. The molecule has 21 heavy (non-hydrogen) atoms. The molecule has 0 aromatic heterocycles. The Balaban J connectivity index is 2.21. The molecule has 114 valence electrons. The summed E-state index contributed by atoms with van der Waals surface area (Å²) >= 11 is 4.93. The van der Waals surface area contributed by atoms with Gasteiger partial charge in [0.1, 0.15) is 22.6 Å². The van der Waals surface area contributed by atoms with Gasteiger partial charge in [-0.1, -0.05) is 12.2 Å². The molecule has 1 unspecified atom stereocenters. The molecule has 0 bridgehead atoms. The molecule has 1 aromatic carbocycles. The van der Waals surface area contributed by atoms with Gasteiger partial charge in [-0.2, -0.15) is 0 Å². The quantitative estimate of drug-likeness (QED) is 0.831. The second-order valence-electron chi connectivity index (χ2n) is 4.58. The molecule has 1 atom stereocenters. The molecule has 7 heteroatoms. The summed E-state index contributed by atoms with van der Waals surface area (Å²) in [6.07, 6.45) is -0.401. The van der Waals surface area contributed by atoms with E-state index in [9.17, 15) is 4.79 Å². The van der Waals surface area contributed by atoms with Crippen molar-refractivity contribution in [1.29, 1.82) is 0 Å². The largest absolute Gasteiger partial charge is 0.497 e. The number of nitrogens with zero attached hydrogens (tertiary/aromatic N) is 1. The predicted molar refractivity (Wildman–Crippen MR) is 82.0 cm³/mol. The number of hydrogen-bond acceptors (Lipinski definition) is 5. The lowest BCUT2D eigenvalue weighted by Gasteiger charge is -2.32. The molecule has 6 nitrogen and oxygen atoms in total. The zero-order valence-electron chi connectivity index (χ0n) is 12.0.